The van der Waals surface area contributed by atoms with E-state index < -0.39 is 0 Å². The Bertz CT molecular complexity index is 695. The average molecular weight is 307 g/mol. The molecule has 0 spiro atoms. The number of hydrogen-bond acceptors (Lipinski definition) is 4. The van der Waals surface area contributed by atoms with Gasteiger partial charge in [-0.1, -0.05) is 37.8 Å². The third-order valence-corrected chi connectivity index (χ3v) is 3.54. The van der Waals surface area contributed by atoms with Gasteiger partial charge in [0.2, 0.25) is 0 Å². The van der Waals surface area contributed by atoms with Crippen molar-refractivity contribution in [2.24, 2.45) is 9.98 Å². The van der Waals surface area contributed by atoms with Gasteiger partial charge in [-0.3, -0.25) is 15.0 Å². The van der Waals surface area contributed by atoms with E-state index in [0.717, 1.165) is 5.69 Å². The Kier molecular flexibility index (Phi) is 5.80. The number of phenols is 1. The van der Waals surface area contributed by atoms with E-state index in [9.17, 15) is 5.11 Å². The quantitative estimate of drug-likeness (QED) is 0.797. The van der Waals surface area contributed by atoms with Gasteiger partial charge in [-0.15, -0.1) is 0 Å². The Labute approximate surface area is 137 Å². The third kappa shape index (κ3) is 4.61. The summed E-state index contributed by atoms with van der Waals surface area (Å²) in [7, 11) is 0. The minimum absolute atomic E-state index is 0.223. The van der Waals surface area contributed by atoms with Crippen molar-refractivity contribution < 1.29 is 5.11 Å². The lowest BCUT2D eigenvalue weighted by molar-refractivity contribution is 0.473. The minimum atomic E-state index is -0.318. The van der Waals surface area contributed by atoms with Crippen LogP contribution >= 0.6 is 0 Å². The summed E-state index contributed by atoms with van der Waals surface area (Å²) in [6.45, 7) is 6.81. The summed E-state index contributed by atoms with van der Waals surface area (Å²) >= 11 is 0. The van der Waals surface area contributed by atoms with Crippen LogP contribution in [0.1, 0.15) is 18.2 Å². The lowest BCUT2D eigenvalue weighted by atomic mass is 9.86. The Hall–Kier alpha value is -2.75. The standard InChI is InChI=1S/C19H21N3O/c1-3-11-20-14-19(2,18-10-6-7-12-22-18)15-21-13-16-8-4-5-9-17(16)23/h3-13,23H,1,14-15H2,2H3/t19-/m1/s1. The summed E-state index contributed by atoms with van der Waals surface area (Å²) in [6, 6.07) is 13.0. The van der Waals surface area contributed by atoms with Gasteiger partial charge in [-0.25, -0.2) is 0 Å². The fraction of sp³-hybridized carbons (Fsp3) is 0.211. The number of para-hydroxylation sites is 1. The summed E-state index contributed by atoms with van der Waals surface area (Å²) < 4.78 is 0. The van der Waals surface area contributed by atoms with E-state index >= 15 is 0 Å². The Morgan fingerprint density at radius 1 is 1.13 bits per heavy atom. The topological polar surface area (TPSA) is 57.8 Å². The lowest BCUT2D eigenvalue weighted by Gasteiger charge is -2.25. The van der Waals surface area contributed by atoms with Crippen molar-refractivity contribution in [3.8, 4) is 5.75 Å². The van der Waals surface area contributed by atoms with Crippen LogP contribution in [0.25, 0.3) is 0 Å². The summed E-state index contributed by atoms with van der Waals surface area (Å²) in [6.07, 6.45) is 6.81. The number of allylic oxidation sites excluding steroid dienone is 1. The molecule has 118 valence electrons. The number of aromatic hydroxyl groups is 1. The number of phenolic OH excluding ortho intramolecular Hbond substituents is 1. The van der Waals surface area contributed by atoms with E-state index in [0.29, 0.717) is 18.7 Å². The van der Waals surface area contributed by atoms with E-state index in [-0.39, 0.29) is 11.2 Å². The molecular weight excluding hydrogens is 286 g/mol. The summed E-state index contributed by atoms with van der Waals surface area (Å²) in [4.78, 5) is 13.3. The Morgan fingerprint density at radius 2 is 1.87 bits per heavy atom. The van der Waals surface area contributed by atoms with Crippen molar-refractivity contribution in [2.45, 2.75) is 12.3 Å². The molecule has 1 aromatic carbocycles. The van der Waals surface area contributed by atoms with Crippen LogP contribution in [0.4, 0.5) is 0 Å². The van der Waals surface area contributed by atoms with Gasteiger partial charge in [0.05, 0.1) is 13.1 Å². The second-order valence-corrected chi connectivity index (χ2v) is 5.53. The smallest absolute Gasteiger partial charge is 0.124 e. The number of rotatable bonds is 7. The average Bonchev–Trinajstić information content (AvgIpc) is 2.58. The monoisotopic (exact) mass is 307 g/mol. The van der Waals surface area contributed by atoms with Crippen LogP contribution in [0.5, 0.6) is 5.75 Å². The van der Waals surface area contributed by atoms with Crippen molar-refractivity contribution in [1.29, 1.82) is 0 Å². The van der Waals surface area contributed by atoms with Crippen LogP contribution in [0.3, 0.4) is 0 Å². The van der Waals surface area contributed by atoms with Gasteiger partial charge in [-0.05, 0) is 24.3 Å². The zero-order valence-corrected chi connectivity index (χ0v) is 13.3. The van der Waals surface area contributed by atoms with E-state index in [1.807, 2.05) is 30.3 Å². The van der Waals surface area contributed by atoms with Gasteiger partial charge in [0.15, 0.2) is 0 Å². The predicted octanol–water partition coefficient (Wildman–Crippen LogP) is 3.42. The molecule has 4 heteroatoms. The van der Waals surface area contributed by atoms with Crippen LogP contribution in [-0.2, 0) is 5.41 Å². The number of pyridine rings is 1. The maximum absolute atomic E-state index is 9.79. The highest BCUT2D eigenvalue weighted by Gasteiger charge is 2.27. The first-order valence-electron chi connectivity index (χ1n) is 7.46. The molecule has 0 aliphatic heterocycles. The van der Waals surface area contributed by atoms with E-state index in [2.05, 4.69) is 28.5 Å². The molecule has 0 saturated carbocycles. The lowest BCUT2D eigenvalue weighted by Crippen LogP contribution is -2.30. The van der Waals surface area contributed by atoms with Gasteiger partial charge < -0.3 is 5.11 Å². The third-order valence-electron chi connectivity index (χ3n) is 3.54. The number of hydrogen-bond donors (Lipinski definition) is 1. The normalized spacial score (nSPS) is 14.1. The molecule has 4 nitrogen and oxygen atoms in total. The highest BCUT2D eigenvalue weighted by Crippen LogP contribution is 2.23. The van der Waals surface area contributed by atoms with Crippen LogP contribution in [0.15, 0.2) is 71.3 Å². The zero-order valence-electron chi connectivity index (χ0n) is 13.3. The predicted molar refractivity (Wildman–Crippen MR) is 95.7 cm³/mol. The van der Waals surface area contributed by atoms with Gasteiger partial charge in [0.1, 0.15) is 5.75 Å². The molecule has 2 rings (SSSR count). The molecule has 1 N–H and O–H groups in total. The molecule has 0 radical (unpaired) electrons. The first-order chi connectivity index (χ1) is 11.2. The number of benzene rings is 1. The molecule has 0 amide bonds. The number of aliphatic imine (C=N–C) groups is 2. The molecule has 1 atom stereocenters. The van der Waals surface area contributed by atoms with Gasteiger partial charge >= 0.3 is 0 Å². The summed E-state index contributed by atoms with van der Waals surface area (Å²) in [5.74, 6) is 0.223. The fourth-order valence-corrected chi connectivity index (χ4v) is 2.20. The SMILES string of the molecule is C=CC=NC[C@](C)(CN=Cc1ccccc1O)c1ccccn1. The molecule has 0 saturated heterocycles. The largest absolute Gasteiger partial charge is 0.507 e. The number of nitrogens with zero attached hydrogens (tertiary/aromatic N) is 3. The molecule has 1 aromatic heterocycles. The molecular formula is C19H21N3O. The second-order valence-electron chi connectivity index (χ2n) is 5.53. The van der Waals surface area contributed by atoms with Crippen molar-refractivity contribution >= 4 is 12.4 Å². The van der Waals surface area contributed by atoms with Gasteiger partial charge in [0, 0.05) is 35.3 Å². The van der Waals surface area contributed by atoms with Crippen LogP contribution in [0.2, 0.25) is 0 Å². The van der Waals surface area contributed by atoms with E-state index in [4.69, 9.17) is 0 Å². The van der Waals surface area contributed by atoms with E-state index in [1.54, 1.807) is 36.8 Å². The zero-order chi connectivity index (χ0) is 16.5. The molecule has 0 aliphatic rings. The summed E-state index contributed by atoms with van der Waals surface area (Å²) in [5, 5.41) is 9.79. The molecule has 23 heavy (non-hydrogen) atoms. The molecule has 2 aromatic rings. The van der Waals surface area contributed by atoms with Crippen molar-refractivity contribution in [2.75, 3.05) is 13.1 Å². The highest BCUT2D eigenvalue weighted by atomic mass is 16.3. The van der Waals surface area contributed by atoms with Crippen LogP contribution < -0.4 is 0 Å². The van der Waals surface area contributed by atoms with Crippen LogP contribution in [0, 0.1) is 0 Å². The Balaban J connectivity index is 2.19. The van der Waals surface area contributed by atoms with Crippen molar-refractivity contribution in [3.63, 3.8) is 0 Å². The van der Waals surface area contributed by atoms with Crippen LogP contribution in [-0.4, -0.2) is 35.6 Å². The highest BCUT2D eigenvalue weighted by molar-refractivity contribution is 5.83. The molecule has 0 unspecified atom stereocenters. The fourth-order valence-electron chi connectivity index (χ4n) is 2.20. The van der Waals surface area contributed by atoms with Crippen molar-refractivity contribution in [1.82, 2.24) is 4.98 Å². The first kappa shape index (κ1) is 16.6. The van der Waals surface area contributed by atoms with E-state index in [1.165, 1.54) is 0 Å². The first-order valence-corrected chi connectivity index (χ1v) is 7.46. The molecule has 0 aliphatic carbocycles. The maximum atomic E-state index is 9.79. The minimum Gasteiger partial charge on any atom is -0.507 e. The van der Waals surface area contributed by atoms with Gasteiger partial charge in [-0.2, -0.15) is 0 Å². The second kappa shape index (κ2) is 8.03. The molecule has 1 heterocycles. The molecule has 0 fully saturated rings. The summed E-state index contributed by atoms with van der Waals surface area (Å²) in [5.41, 5.74) is 1.32. The van der Waals surface area contributed by atoms with Gasteiger partial charge in [0.25, 0.3) is 0 Å². The Morgan fingerprint density at radius 3 is 2.57 bits per heavy atom. The van der Waals surface area contributed by atoms with Crippen molar-refractivity contribution in [3.05, 3.63) is 72.6 Å². The number of aromatic nitrogens is 1. The molecule has 0 bridgehead atoms. The maximum Gasteiger partial charge on any atom is 0.124 e.